The van der Waals surface area contributed by atoms with Crippen molar-refractivity contribution in [1.82, 2.24) is 10.2 Å². The number of anilines is 1. The monoisotopic (exact) mass is 543 g/mol. The van der Waals surface area contributed by atoms with Gasteiger partial charge >= 0.3 is 0 Å². The van der Waals surface area contributed by atoms with Crippen molar-refractivity contribution in [2.75, 3.05) is 24.2 Å². The number of likely N-dealkylation sites (N-methyl/N-ethyl adjacent to an activating group) is 1. The van der Waals surface area contributed by atoms with Gasteiger partial charge in [-0.15, -0.1) is 11.8 Å². The van der Waals surface area contributed by atoms with Crippen LogP contribution in [0.15, 0.2) is 82.6 Å². The standard InChI is InChI=1S/C27H30FN3O4S2/c1-19-5-11-23(12-6-19)31(37(34,35)25-15-13-24(36-4)14-16-25)18-26(32)30(20(2)27(33)29-3)17-21-7-9-22(28)10-8-21/h5-16,20H,17-18H2,1-4H3,(H,29,33)/t20-/m1/s1. The normalized spacial score (nSPS) is 12.0. The van der Waals surface area contributed by atoms with E-state index in [4.69, 9.17) is 0 Å². The molecular weight excluding hydrogens is 513 g/mol. The molecule has 3 aromatic rings. The number of aryl methyl sites for hydroxylation is 1. The van der Waals surface area contributed by atoms with Gasteiger partial charge in [-0.2, -0.15) is 0 Å². The average Bonchev–Trinajstić information content (AvgIpc) is 2.91. The Morgan fingerprint density at radius 2 is 1.57 bits per heavy atom. The van der Waals surface area contributed by atoms with E-state index in [0.29, 0.717) is 11.3 Å². The van der Waals surface area contributed by atoms with Gasteiger partial charge in [0.25, 0.3) is 10.0 Å². The third-order valence-corrected chi connectivity index (χ3v) is 8.46. The van der Waals surface area contributed by atoms with E-state index in [1.807, 2.05) is 13.2 Å². The molecule has 0 fully saturated rings. The molecule has 0 aliphatic heterocycles. The van der Waals surface area contributed by atoms with Crippen LogP contribution in [0.4, 0.5) is 10.1 Å². The van der Waals surface area contributed by atoms with Gasteiger partial charge in [-0.25, -0.2) is 12.8 Å². The maximum absolute atomic E-state index is 13.8. The maximum Gasteiger partial charge on any atom is 0.264 e. The molecule has 10 heteroatoms. The molecule has 0 radical (unpaired) electrons. The molecule has 1 atom stereocenters. The molecule has 3 aromatic carbocycles. The van der Waals surface area contributed by atoms with Gasteiger partial charge in [-0.3, -0.25) is 13.9 Å². The van der Waals surface area contributed by atoms with Crippen LogP contribution in [0.2, 0.25) is 0 Å². The Labute approximate surface area is 221 Å². The van der Waals surface area contributed by atoms with E-state index in [1.165, 1.54) is 60.1 Å². The second-order valence-corrected chi connectivity index (χ2v) is 11.2. The SMILES string of the molecule is CNC(=O)[C@@H](C)N(Cc1ccc(F)cc1)C(=O)CN(c1ccc(C)cc1)S(=O)(=O)c1ccc(SC)cc1. The van der Waals surface area contributed by atoms with Gasteiger partial charge in [0.1, 0.15) is 18.4 Å². The van der Waals surface area contributed by atoms with E-state index < -0.39 is 40.2 Å². The topological polar surface area (TPSA) is 86.8 Å². The quantitative estimate of drug-likeness (QED) is 0.387. The molecule has 0 heterocycles. The predicted octanol–water partition coefficient (Wildman–Crippen LogP) is 4.21. The number of amides is 2. The molecule has 0 saturated heterocycles. The summed E-state index contributed by atoms with van der Waals surface area (Å²) >= 11 is 1.49. The highest BCUT2D eigenvalue weighted by atomic mass is 32.2. The van der Waals surface area contributed by atoms with Crippen molar-refractivity contribution in [1.29, 1.82) is 0 Å². The Balaban J connectivity index is 2.01. The summed E-state index contributed by atoms with van der Waals surface area (Å²) in [6.45, 7) is 2.91. The fourth-order valence-corrected chi connectivity index (χ4v) is 5.52. The Kier molecular flexibility index (Phi) is 9.34. The van der Waals surface area contributed by atoms with Crippen LogP contribution in [0.1, 0.15) is 18.1 Å². The fourth-order valence-electron chi connectivity index (χ4n) is 3.69. The summed E-state index contributed by atoms with van der Waals surface area (Å²) in [6, 6.07) is 17.9. The lowest BCUT2D eigenvalue weighted by molar-refractivity contribution is -0.139. The summed E-state index contributed by atoms with van der Waals surface area (Å²) in [6.07, 6.45) is 1.89. The Morgan fingerprint density at radius 3 is 2.11 bits per heavy atom. The number of carbonyl (C=O) groups excluding carboxylic acids is 2. The van der Waals surface area contributed by atoms with Crippen LogP contribution >= 0.6 is 11.8 Å². The summed E-state index contributed by atoms with van der Waals surface area (Å²) in [7, 11) is -2.67. The van der Waals surface area contributed by atoms with Crippen molar-refractivity contribution >= 4 is 39.3 Å². The molecule has 7 nitrogen and oxygen atoms in total. The lowest BCUT2D eigenvalue weighted by Crippen LogP contribution is -2.50. The first-order valence-electron chi connectivity index (χ1n) is 11.6. The van der Waals surface area contributed by atoms with Crippen LogP contribution < -0.4 is 9.62 Å². The molecule has 0 saturated carbocycles. The molecule has 0 bridgehead atoms. The van der Waals surface area contributed by atoms with E-state index in [-0.39, 0.29) is 11.4 Å². The molecule has 196 valence electrons. The number of thioether (sulfide) groups is 1. The number of nitrogens with zero attached hydrogens (tertiary/aromatic N) is 2. The van der Waals surface area contributed by atoms with Gasteiger partial charge in [0.2, 0.25) is 11.8 Å². The zero-order valence-electron chi connectivity index (χ0n) is 21.1. The molecule has 37 heavy (non-hydrogen) atoms. The first-order valence-corrected chi connectivity index (χ1v) is 14.2. The molecule has 0 aliphatic carbocycles. The third-order valence-electron chi connectivity index (χ3n) is 5.93. The van der Waals surface area contributed by atoms with Crippen LogP contribution in [-0.2, 0) is 26.2 Å². The summed E-state index contributed by atoms with van der Waals surface area (Å²) in [4.78, 5) is 28.4. The summed E-state index contributed by atoms with van der Waals surface area (Å²) in [5.41, 5.74) is 1.85. The smallest absolute Gasteiger partial charge is 0.264 e. The van der Waals surface area contributed by atoms with E-state index in [0.717, 1.165) is 14.8 Å². The molecule has 0 unspecified atom stereocenters. The Bertz CT molecular complexity index is 1330. The summed E-state index contributed by atoms with van der Waals surface area (Å²) < 4.78 is 42.0. The fraction of sp³-hybridized carbons (Fsp3) is 0.259. The molecule has 1 N–H and O–H groups in total. The highest BCUT2D eigenvalue weighted by Gasteiger charge is 2.32. The first-order chi connectivity index (χ1) is 17.6. The molecule has 0 spiro atoms. The van der Waals surface area contributed by atoms with Crippen molar-refractivity contribution in [2.24, 2.45) is 0 Å². The van der Waals surface area contributed by atoms with Gasteiger partial charge in [0, 0.05) is 18.5 Å². The zero-order valence-corrected chi connectivity index (χ0v) is 22.8. The van der Waals surface area contributed by atoms with Crippen LogP contribution in [-0.4, -0.2) is 51.0 Å². The maximum atomic E-state index is 13.8. The molecule has 0 aliphatic rings. The highest BCUT2D eigenvalue weighted by molar-refractivity contribution is 7.98. The van der Waals surface area contributed by atoms with E-state index >= 15 is 0 Å². The van der Waals surface area contributed by atoms with E-state index in [9.17, 15) is 22.4 Å². The van der Waals surface area contributed by atoms with Gasteiger partial charge in [-0.05, 0) is 74.2 Å². The molecule has 0 aromatic heterocycles. The van der Waals surface area contributed by atoms with E-state index in [1.54, 1.807) is 43.3 Å². The molecule has 2 amide bonds. The number of nitrogens with one attached hydrogen (secondary N) is 1. The molecule has 3 rings (SSSR count). The lowest BCUT2D eigenvalue weighted by Gasteiger charge is -2.31. The average molecular weight is 544 g/mol. The van der Waals surface area contributed by atoms with E-state index in [2.05, 4.69) is 5.32 Å². The lowest BCUT2D eigenvalue weighted by atomic mass is 10.1. The van der Waals surface area contributed by atoms with Crippen molar-refractivity contribution in [3.63, 3.8) is 0 Å². The number of sulfonamides is 1. The van der Waals surface area contributed by atoms with Crippen molar-refractivity contribution in [3.8, 4) is 0 Å². The van der Waals surface area contributed by atoms with Crippen LogP contribution in [0, 0.1) is 12.7 Å². The first kappa shape index (κ1) is 28.2. The molecular formula is C27H30FN3O4S2. The minimum absolute atomic E-state index is 0.00208. The number of benzene rings is 3. The Morgan fingerprint density at radius 1 is 0.973 bits per heavy atom. The highest BCUT2D eigenvalue weighted by Crippen LogP contribution is 2.26. The van der Waals surface area contributed by atoms with Crippen LogP contribution in [0.3, 0.4) is 0 Å². The van der Waals surface area contributed by atoms with Crippen molar-refractivity contribution in [2.45, 2.75) is 36.2 Å². The summed E-state index contributed by atoms with van der Waals surface area (Å²) in [5, 5.41) is 2.53. The number of carbonyl (C=O) groups is 2. The number of hydrogen-bond acceptors (Lipinski definition) is 5. The number of halogens is 1. The largest absolute Gasteiger partial charge is 0.357 e. The van der Waals surface area contributed by atoms with Crippen LogP contribution in [0.5, 0.6) is 0 Å². The number of hydrogen-bond donors (Lipinski definition) is 1. The van der Waals surface area contributed by atoms with Crippen molar-refractivity contribution in [3.05, 3.63) is 89.7 Å². The van der Waals surface area contributed by atoms with Gasteiger partial charge in [0.05, 0.1) is 10.6 Å². The van der Waals surface area contributed by atoms with Crippen molar-refractivity contribution < 1.29 is 22.4 Å². The predicted molar refractivity (Wildman–Crippen MR) is 144 cm³/mol. The zero-order chi connectivity index (χ0) is 27.2. The van der Waals surface area contributed by atoms with Gasteiger partial charge in [-0.1, -0.05) is 29.8 Å². The van der Waals surface area contributed by atoms with Gasteiger partial charge < -0.3 is 10.2 Å². The minimum atomic E-state index is -4.12. The minimum Gasteiger partial charge on any atom is -0.357 e. The van der Waals surface area contributed by atoms with Crippen LogP contribution in [0.25, 0.3) is 0 Å². The second kappa shape index (κ2) is 12.2. The number of rotatable bonds is 10. The third kappa shape index (κ3) is 6.90. The van der Waals surface area contributed by atoms with Gasteiger partial charge in [0.15, 0.2) is 0 Å². The second-order valence-electron chi connectivity index (χ2n) is 8.46. The Hall–Kier alpha value is -3.37. The summed E-state index contributed by atoms with van der Waals surface area (Å²) in [5.74, 6) is -1.41.